The Labute approximate surface area is 133 Å². The number of aryl methyl sites for hydroxylation is 2. The molecule has 1 aliphatic rings. The number of aliphatic hydroxyl groups is 2. The summed E-state index contributed by atoms with van der Waals surface area (Å²) in [5, 5.41) is 32.6. The molecule has 23 heavy (non-hydrogen) atoms. The van der Waals surface area contributed by atoms with Crippen LogP contribution in [0.4, 0.5) is 5.69 Å². The number of rotatable bonds is 4. The maximum atomic E-state index is 11.5. The standard InChI is InChI=1S/C17H19NO5/c1-10-4-5-12-15-14(10)13(18(21)22)8-11(2)16(15)23-9-17(12,20)6-3-7-19/h4-5,8,19-20H,3,6-7,9H2,1-2H3. The average Bonchev–Trinajstić information content (AvgIpc) is 2.51. The SMILES string of the molecule is Cc1cc([N+](=O)[O-])c2c(C)ccc3c2c1OCC3(O)CCCO. The summed E-state index contributed by atoms with van der Waals surface area (Å²) in [6, 6.07) is 5.12. The van der Waals surface area contributed by atoms with Gasteiger partial charge < -0.3 is 14.9 Å². The van der Waals surface area contributed by atoms with Crippen molar-refractivity contribution in [2.75, 3.05) is 13.2 Å². The highest BCUT2D eigenvalue weighted by Gasteiger charge is 2.38. The Morgan fingerprint density at radius 1 is 1.30 bits per heavy atom. The van der Waals surface area contributed by atoms with E-state index >= 15 is 0 Å². The molecular weight excluding hydrogens is 298 g/mol. The molecule has 0 radical (unpaired) electrons. The Morgan fingerprint density at radius 2 is 2.04 bits per heavy atom. The number of ether oxygens (including phenoxy) is 1. The number of nitro groups is 1. The second-order valence-corrected chi connectivity index (χ2v) is 6.13. The van der Waals surface area contributed by atoms with Crippen molar-refractivity contribution < 1.29 is 19.9 Å². The van der Waals surface area contributed by atoms with Crippen LogP contribution >= 0.6 is 0 Å². The average molecular weight is 317 g/mol. The second kappa shape index (κ2) is 5.47. The molecule has 1 aliphatic heterocycles. The lowest BCUT2D eigenvalue weighted by atomic mass is 9.82. The molecule has 0 aromatic heterocycles. The van der Waals surface area contributed by atoms with Crippen molar-refractivity contribution in [3.63, 3.8) is 0 Å². The molecule has 0 fully saturated rings. The van der Waals surface area contributed by atoms with E-state index in [1.165, 1.54) is 6.07 Å². The highest BCUT2D eigenvalue weighted by molar-refractivity contribution is 6.02. The smallest absolute Gasteiger partial charge is 0.278 e. The van der Waals surface area contributed by atoms with Gasteiger partial charge in [0.15, 0.2) is 0 Å². The number of non-ortho nitro benzene ring substituents is 1. The van der Waals surface area contributed by atoms with E-state index < -0.39 is 10.5 Å². The van der Waals surface area contributed by atoms with Crippen LogP contribution in [0.5, 0.6) is 5.75 Å². The third kappa shape index (κ3) is 2.34. The lowest BCUT2D eigenvalue weighted by Gasteiger charge is -2.35. The van der Waals surface area contributed by atoms with Crippen LogP contribution in [0, 0.1) is 24.0 Å². The van der Waals surface area contributed by atoms with Crippen molar-refractivity contribution >= 4 is 16.5 Å². The normalized spacial score (nSPS) is 19.7. The quantitative estimate of drug-likeness (QED) is 0.668. The Bertz CT molecular complexity index is 801. The lowest BCUT2D eigenvalue weighted by molar-refractivity contribution is -0.383. The maximum Gasteiger partial charge on any atom is 0.278 e. The summed E-state index contributed by atoms with van der Waals surface area (Å²) in [4.78, 5) is 11.1. The maximum absolute atomic E-state index is 11.5. The fourth-order valence-corrected chi connectivity index (χ4v) is 3.38. The summed E-state index contributed by atoms with van der Waals surface area (Å²) < 4.78 is 5.77. The topological polar surface area (TPSA) is 92.8 Å². The van der Waals surface area contributed by atoms with E-state index in [1.54, 1.807) is 13.0 Å². The van der Waals surface area contributed by atoms with Crippen molar-refractivity contribution in [3.05, 3.63) is 45.0 Å². The molecule has 0 saturated heterocycles. The first kappa shape index (κ1) is 15.7. The first-order valence-electron chi connectivity index (χ1n) is 7.57. The van der Waals surface area contributed by atoms with Gasteiger partial charge in [-0.3, -0.25) is 10.1 Å². The van der Waals surface area contributed by atoms with E-state index in [2.05, 4.69) is 0 Å². The first-order chi connectivity index (χ1) is 10.9. The van der Waals surface area contributed by atoms with Gasteiger partial charge in [0.1, 0.15) is 18.0 Å². The predicted molar refractivity (Wildman–Crippen MR) is 85.8 cm³/mol. The molecule has 1 unspecified atom stereocenters. The van der Waals surface area contributed by atoms with Gasteiger partial charge in [-0.1, -0.05) is 12.1 Å². The minimum atomic E-state index is -1.25. The van der Waals surface area contributed by atoms with Crippen LogP contribution in [0.3, 0.4) is 0 Å². The summed E-state index contributed by atoms with van der Waals surface area (Å²) in [6.45, 7) is 3.63. The van der Waals surface area contributed by atoms with Crippen LogP contribution in [0.25, 0.3) is 10.8 Å². The molecular formula is C17H19NO5. The van der Waals surface area contributed by atoms with E-state index in [0.717, 1.165) is 5.56 Å². The van der Waals surface area contributed by atoms with Crippen molar-refractivity contribution in [1.82, 2.24) is 0 Å². The van der Waals surface area contributed by atoms with Gasteiger partial charge in [-0.05, 0) is 43.4 Å². The van der Waals surface area contributed by atoms with E-state index in [4.69, 9.17) is 9.84 Å². The number of benzene rings is 2. The summed E-state index contributed by atoms with van der Waals surface area (Å²) >= 11 is 0. The van der Waals surface area contributed by atoms with Crippen molar-refractivity contribution in [3.8, 4) is 5.75 Å². The van der Waals surface area contributed by atoms with Crippen LogP contribution in [0.2, 0.25) is 0 Å². The highest BCUT2D eigenvalue weighted by Crippen LogP contribution is 2.47. The molecule has 1 atom stereocenters. The minimum absolute atomic E-state index is 0.0237. The summed E-state index contributed by atoms with van der Waals surface area (Å²) in [5.41, 5.74) is 0.866. The summed E-state index contributed by atoms with van der Waals surface area (Å²) in [7, 11) is 0. The van der Waals surface area contributed by atoms with Crippen LogP contribution in [0.15, 0.2) is 18.2 Å². The zero-order valence-electron chi connectivity index (χ0n) is 13.1. The Kier molecular flexibility index (Phi) is 3.74. The van der Waals surface area contributed by atoms with Gasteiger partial charge in [-0.2, -0.15) is 0 Å². The Hall–Kier alpha value is -2.18. The monoisotopic (exact) mass is 317 g/mol. The third-order valence-corrected chi connectivity index (χ3v) is 4.51. The van der Waals surface area contributed by atoms with Gasteiger partial charge in [0, 0.05) is 18.1 Å². The molecule has 0 saturated carbocycles. The molecule has 2 aromatic carbocycles. The first-order valence-corrected chi connectivity index (χ1v) is 7.57. The molecule has 2 N–H and O–H groups in total. The van der Waals surface area contributed by atoms with Gasteiger partial charge >= 0.3 is 0 Å². The Morgan fingerprint density at radius 3 is 2.70 bits per heavy atom. The van der Waals surface area contributed by atoms with Crippen molar-refractivity contribution in [2.24, 2.45) is 0 Å². The van der Waals surface area contributed by atoms with Gasteiger partial charge in [0.05, 0.1) is 10.3 Å². The Balaban J connectivity index is 2.37. The number of nitro benzene ring substituents is 1. The molecule has 0 spiro atoms. The number of hydrogen-bond donors (Lipinski definition) is 2. The number of aliphatic hydroxyl groups excluding tert-OH is 1. The van der Waals surface area contributed by atoms with Crippen LogP contribution in [-0.4, -0.2) is 28.4 Å². The molecule has 1 heterocycles. The molecule has 122 valence electrons. The fourth-order valence-electron chi connectivity index (χ4n) is 3.38. The molecule has 0 bridgehead atoms. The van der Waals surface area contributed by atoms with Crippen LogP contribution in [-0.2, 0) is 5.60 Å². The van der Waals surface area contributed by atoms with Crippen LogP contribution < -0.4 is 4.74 Å². The molecule has 2 aromatic rings. The molecule has 0 aliphatic carbocycles. The van der Waals surface area contributed by atoms with Gasteiger partial charge in [-0.15, -0.1) is 0 Å². The lowest BCUT2D eigenvalue weighted by Crippen LogP contribution is -2.36. The second-order valence-electron chi connectivity index (χ2n) is 6.13. The molecule has 6 nitrogen and oxygen atoms in total. The molecule has 6 heteroatoms. The molecule has 3 rings (SSSR count). The zero-order valence-corrected chi connectivity index (χ0v) is 13.1. The minimum Gasteiger partial charge on any atom is -0.489 e. The third-order valence-electron chi connectivity index (χ3n) is 4.51. The van der Waals surface area contributed by atoms with E-state index in [0.29, 0.717) is 40.5 Å². The molecule has 0 amide bonds. The fraction of sp³-hybridized carbons (Fsp3) is 0.412. The van der Waals surface area contributed by atoms with E-state index in [9.17, 15) is 15.2 Å². The van der Waals surface area contributed by atoms with Crippen LogP contribution in [0.1, 0.15) is 29.5 Å². The highest BCUT2D eigenvalue weighted by atomic mass is 16.6. The van der Waals surface area contributed by atoms with Crippen molar-refractivity contribution in [1.29, 1.82) is 0 Å². The number of hydrogen-bond acceptors (Lipinski definition) is 5. The summed E-state index contributed by atoms with van der Waals surface area (Å²) in [5.74, 6) is 0.595. The van der Waals surface area contributed by atoms with Crippen molar-refractivity contribution in [2.45, 2.75) is 32.3 Å². The van der Waals surface area contributed by atoms with Gasteiger partial charge in [-0.25, -0.2) is 0 Å². The largest absolute Gasteiger partial charge is 0.489 e. The van der Waals surface area contributed by atoms with E-state index in [-0.39, 0.29) is 18.9 Å². The van der Waals surface area contributed by atoms with Gasteiger partial charge in [0.2, 0.25) is 0 Å². The van der Waals surface area contributed by atoms with Gasteiger partial charge in [0.25, 0.3) is 5.69 Å². The number of nitrogens with zero attached hydrogens (tertiary/aromatic N) is 1. The summed E-state index contributed by atoms with van der Waals surface area (Å²) in [6.07, 6.45) is 0.765. The predicted octanol–water partition coefficient (Wildman–Crippen LogP) is 2.72. The zero-order chi connectivity index (χ0) is 16.8. The van der Waals surface area contributed by atoms with E-state index in [1.807, 2.05) is 13.0 Å².